The van der Waals surface area contributed by atoms with E-state index in [2.05, 4.69) is 27.7 Å². The van der Waals surface area contributed by atoms with Crippen LogP contribution < -0.4 is 0 Å². The van der Waals surface area contributed by atoms with Crippen LogP contribution >= 0.6 is 0 Å². The van der Waals surface area contributed by atoms with Crippen LogP contribution in [0.25, 0.3) is 0 Å². The lowest BCUT2D eigenvalue weighted by atomic mass is 9.83. The van der Waals surface area contributed by atoms with Crippen LogP contribution in [0.3, 0.4) is 0 Å². The highest BCUT2D eigenvalue weighted by molar-refractivity contribution is 4.66. The number of rotatable bonds is 14. The van der Waals surface area contributed by atoms with E-state index >= 15 is 0 Å². The zero-order chi connectivity index (χ0) is 14.3. The third-order valence-electron chi connectivity index (χ3n) is 4.62. The van der Waals surface area contributed by atoms with E-state index in [1.54, 1.807) is 0 Å². The van der Waals surface area contributed by atoms with Crippen LogP contribution in [-0.2, 0) is 0 Å². The maximum absolute atomic E-state index is 2.40. The summed E-state index contributed by atoms with van der Waals surface area (Å²) in [5.41, 5.74) is 0. The van der Waals surface area contributed by atoms with Gasteiger partial charge in [-0.15, -0.1) is 0 Å². The van der Waals surface area contributed by atoms with Crippen molar-refractivity contribution in [1.29, 1.82) is 0 Å². The van der Waals surface area contributed by atoms with Gasteiger partial charge in [0.2, 0.25) is 0 Å². The molecule has 19 heavy (non-hydrogen) atoms. The second-order valence-electron chi connectivity index (χ2n) is 6.51. The topological polar surface area (TPSA) is 0 Å². The van der Waals surface area contributed by atoms with Crippen LogP contribution in [0.1, 0.15) is 111 Å². The third-order valence-corrected chi connectivity index (χ3v) is 4.62. The summed E-state index contributed by atoms with van der Waals surface area (Å²) in [6, 6.07) is 0. The zero-order valence-corrected chi connectivity index (χ0v) is 14.3. The Balaban J connectivity index is 3.91. The first-order valence-electron chi connectivity index (χ1n) is 9.28. The lowest BCUT2D eigenvalue weighted by Gasteiger charge is -2.22. The van der Waals surface area contributed by atoms with Crippen LogP contribution in [0, 0.1) is 11.8 Å². The van der Waals surface area contributed by atoms with Crippen molar-refractivity contribution in [3.63, 3.8) is 0 Å². The molecular formula is C19H40. The SMILES string of the molecule is CCCCCCC(CCC)CC(CC)CCCCC. The van der Waals surface area contributed by atoms with E-state index in [-0.39, 0.29) is 0 Å². The van der Waals surface area contributed by atoms with E-state index in [0.29, 0.717) is 0 Å². The molecule has 0 saturated heterocycles. The second-order valence-corrected chi connectivity index (χ2v) is 6.51. The summed E-state index contributed by atoms with van der Waals surface area (Å²) in [5, 5.41) is 0. The van der Waals surface area contributed by atoms with Gasteiger partial charge in [-0.2, -0.15) is 0 Å². The van der Waals surface area contributed by atoms with E-state index in [9.17, 15) is 0 Å². The highest BCUT2D eigenvalue weighted by Gasteiger charge is 2.14. The Hall–Kier alpha value is 0. The average molecular weight is 269 g/mol. The Morgan fingerprint density at radius 2 is 1.11 bits per heavy atom. The Morgan fingerprint density at radius 1 is 0.526 bits per heavy atom. The molecule has 0 aliphatic rings. The Labute approximate surface area is 123 Å². The summed E-state index contributed by atoms with van der Waals surface area (Å²) in [5.74, 6) is 2.03. The summed E-state index contributed by atoms with van der Waals surface area (Å²) in [6.45, 7) is 9.38. The third kappa shape index (κ3) is 11.5. The van der Waals surface area contributed by atoms with Gasteiger partial charge in [-0.05, 0) is 18.3 Å². The van der Waals surface area contributed by atoms with Crippen molar-refractivity contribution in [2.45, 2.75) is 111 Å². The van der Waals surface area contributed by atoms with Crippen LogP contribution in [0.2, 0.25) is 0 Å². The van der Waals surface area contributed by atoms with Gasteiger partial charge in [0.25, 0.3) is 0 Å². The molecule has 0 aromatic heterocycles. The highest BCUT2D eigenvalue weighted by Crippen LogP contribution is 2.28. The van der Waals surface area contributed by atoms with Crippen molar-refractivity contribution in [1.82, 2.24) is 0 Å². The molecule has 0 bridgehead atoms. The van der Waals surface area contributed by atoms with Gasteiger partial charge in [0.15, 0.2) is 0 Å². The standard InChI is InChI=1S/C19H40/c1-5-9-11-13-16-19(14-7-3)17-18(8-4)15-12-10-6-2/h18-19H,5-17H2,1-4H3. The normalized spacial score (nSPS) is 14.5. The van der Waals surface area contributed by atoms with Gasteiger partial charge >= 0.3 is 0 Å². The molecule has 0 N–H and O–H groups in total. The molecule has 0 heterocycles. The van der Waals surface area contributed by atoms with Crippen molar-refractivity contribution in [3.8, 4) is 0 Å². The van der Waals surface area contributed by atoms with Crippen molar-refractivity contribution in [2.75, 3.05) is 0 Å². The molecule has 0 heteroatoms. The quantitative estimate of drug-likeness (QED) is 0.288. The van der Waals surface area contributed by atoms with Crippen LogP contribution in [0.15, 0.2) is 0 Å². The summed E-state index contributed by atoms with van der Waals surface area (Å²) < 4.78 is 0. The number of hydrogen-bond donors (Lipinski definition) is 0. The predicted molar refractivity (Wildman–Crippen MR) is 89.7 cm³/mol. The van der Waals surface area contributed by atoms with Gasteiger partial charge in [-0.1, -0.05) is 105 Å². The Kier molecular flexibility index (Phi) is 14.4. The molecule has 0 fully saturated rings. The first-order valence-corrected chi connectivity index (χ1v) is 9.28. The number of unbranched alkanes of at least 4 members (excludes halogenated alkanes) is 5. The van der Waals surface area contributed by atoms with Crippen LogP contribution in [-0.4, -0.2) is 0 Å². The first-order chi connectivity index (χ1) is 9.28. The molecule has 0 amide bonds. The van der Waals surface area contributed by atoms with Gasteiger partial charge in [0.1, 0.15) is 0 Å². The monoisotopic (exact) mass is 268 g/mol. The van der Waals surface area contributed by atoms with E-state index in [1.807, 2.05) is 0 Å². The Bertz CT molecular complexity index is 161. The van der Waals surface area contributed by atoms with E-state index in [1.165, 1.54) is 83.5 Å². The van der Waals surface area contributed by atoms with Gasteiger partial charge in [-0.25, -0.2) is 0 Å². The average Bonchev–Trinajstić information content (AvgIpc) is 2.42. The van der Waals surface area contributed by atoms with Crippen molar-refractivity contribution < 1.29 is 0 Å². The molecule has 0 saturated carbocycles. The highest BCUT2D eigenvalue weighted by atomic mass is 14.2. The maximum Gasteiger partial charge on any atom is -0.0412 e. The van der Waals surface area contributed by atoms with E-state index in [0.717, 1.165) is 11.8 Å². The zero-order valence-electron chi connectivity index (χ0n) is 14.3. The molecule has 2 atom stereocenters. The van der Waals surface area contributed by atoms with E-state index < -0.39 is 0 Å². The molecule has 2 unspecified atom stereocenters. The summed E-state index contributed by atoms with van der Waals surface area (Å²) in [4.78, 5) is 0. The largest absolute Gasteiger partial charge is 0.0654 e. The molecule has 0 spiro atoms. The smallest absolute Gasteiger partial charge is 0.0412 e. The summed E-state index contributed by atoms with van der Waals surface area (Å²) in [7, 11) is 0. The predicted octanol–water partition coefficient (Wildman–Crippen LogP) is 7.37. The molecule has 0 aromatic rings. The van der Waals surface area contributed by atoms with E-state index in [4.69, 9.17) is 0 Å². The lowest BCUT2D eigenvalue weighted by molar-refractivity contribution is 0.299. The Morgan fingerprint density at radius 3 is 1.68 bits per heavy atom. The summed E-state index contributed by atoms with van der Waals surface area (Å²) in [6.07, 6.45) is 18.8. The first kappa shape index (κ1) is 19.0. The van der Waals surface area contributed by atoms with Crippen LogP contribution in [0.5, 0.6) is 0 Å². The maximum atomic E-state index is 2.40. The molecule has 0 rings (SSSR count). The summed E-state index contributed by atoms with van der Waals surface area (Å²) >= 11 is 0. The van der Waals surface area contributed by atoms with Gasteiger partial charge in [-0.3, -0.25) is 0 Å². The minimum Gasteiger partial charge on any atom is -0.0654 e. The van der Waals surface area contributed by atoms with Crippen molar-refractivity contribution >= 4 is 0 Å². The molecule has 0 aromatic carbocycles. The lowest BCUT2D eigenvalue weighted by Crippen LogP contribution is -2.09. The number of hydrogen-bond acceptors (Lipinski definition) is 0. The van der Waals surface area contributed by atoms with Crippen LogP contribution in [0.4, 0.5) is 0 Å². The molecule has 0 nitrogen and oxygen atoms in total. The molecule has 0 aliphatic heterocycles. The fraction of sp³-hybridized carbons (Fsp3) is 1.00. The van der Waals surface area contributed by atoms with Gasteiger partial charge in [0.05, 0.1) is 0 Å². The molecule has 0 radical (unpaired) electrons. The van der Waals surface area contributed by atoms with Gasteiger partial charge < -0.3 is 0 Å². The minimum atomic E-state index is 1.01. The molecular weight excluding hydrogens is 228 g/mol. The fourth-order valence-electron chi connectivity index (χ4n) is 3.29. The minimum absolute atomic E-state index is 1.01. The van der Waals surface area contributed by atoms with Gasteiger partial charge in [0, 0.05) is 0 Å². The van der Waals surface area contributed by atoms with Crippen molar-refractivity contribution in [2.24, 2.45) is 11.8 Å². The fourth-order valence-corrected chi connectivity index (χ4v) is 3.29. The van der Waals surface area contributed by atoms with Crippen molar-refractivity contribution in [3.05, 3.63) is 0 Å². The second kappa shape index (κ2) is 14.4. The molecule has 116 valence electrons. The molecule has 0 aliphatic carbocycles.